The summed E-state index contributed by atoms with van der Waals surface area (Å²) in [5.74, 6) is -0.142. The molecule has 0 fully saturated rings. The maximum Gasteiger partial charge on any atom is 0.255 e. The summed E-state index contributed by atoms with van der Waals surface area (Å²) in [6.45, 7) is 4.44. The van der Waals surface area contributed by atoms with Crippen LogP contribution in [0.1, 0.15) is 40.1 Å². The Balaban J connectivity index is 2.03. The van der Waals surface area contributed by atoms with E-state index in [0.717, 1.165) is 29.2 Å². The summed E-state index contributed by atoms with van der Waals surface area (Å²) in [5, 5.41) is 5.73. The second-order valence-electron chi connectivity index (χ2n) is 4.20. The van der Waals surface area contributed by atoms with E-state index >= 15 is 0 Å². The average molecular weight is 276 g/mol. The van der Waals surface area contributed by atoms with E-state index in [-0.39, 0.29) is 5.91 Å². The van der Waals surface area contributed by atoms with Crippen molar-refractivity contribution in [2.75, 3.05) is 0 Å². The third-order valence-electron chi connectivity index (χ3n) is 2.59. The molecule has 2 rings (SSSR count). The van der Waals surface area contributed by atoms with Crippen molar-refractivity contribution in [3.05, 3.63) is 39.9 Å². The molecule has 2 aromatic heterocycles. The number of hydrogen-bond acceptors (Lipinski definition) is 5. The van der Waals surface area contributed by atoms with Gasteiger partial charge in [-0.2, -0.15) is 0 Å². The zero-order valence-electron chi connectivity index (χ0n) is 11.0. The third kappa shape index (κ3) is 3.57. The highest BCUT2D eigenvalue weighted by Gasteiger charge is 2.12. The van der Waals surface area contributed by atoms with Crippen molar-refractivity contribution in [2.24, 2.45) is 0 Å². The van der Waals surface area contributed by atoms with Crippen LogP contribution in [0.5, 0.6) is 0 Å². The Kier molecular flexibility index (Phi) is 4.57. The van der Waals surface area contributed by atoms with Gasteiger partial charge in [-0.05, 0) is 13.3 Å². The van der Waals surface area contributed by atoms with Crippen LogP contribution in [0.15, 0.2) is 17.9 Å². The lowest BCUT2D eigenvalue weighted by atomic mass is 10.1. The summed E-state index contributed by atoms with van der Waals surface area (Å²) in [6.07, 6.45) is 4.77. The summed E-state index contributed by atoms with van der Waals surface area (Å²) in [7, 11) is 0. The number of nitrogens with zero attached hydrogens (tertiary/aromatic N) is 3. The van der Waals surface area contributed by atoms with Gasteiger partial charge in [-0.25, -0.2) is 15.0 Å². The van der Waals surface area contributed by atoms with Crippen molar-refractivity contribution in [3.63, 3.8) is 0 Å². The van der Waals surface area contributed by atoms with E-state index in [2.05, 4.69) is 27.2 Å². The fourth-order valence-corrected chi connectivity index (χ4v) is 2.43. The first-order valence-corrected chi connectivity index (χ1v) is 7.06. The first kappa shape index (κ1) is 13.6. The minimum atomic E-state index is -0.142. The molecule has 6 heteroatoms. The fraction of sp³-hybridized carbons (Fsp3) is 0.385. The number of thiazole rings is 1. The zero-order chi connectivity index (χ0) is 13.7. The summed E-state index contributed by atoms with van der Waals surface area (Å²) in [4.78, 5) is 24.5. The Bertz CT molecular complexity index is 567. The molecule has 0 saturated carbocycles. The second kappa shape index (κ2) is 6.38. The largest absolute Gasteiger partial charge is 0.345 e. The minimum absolute atomic E-state index is 0.142. The SMILES string of the molecule is CCCc1ncncc1C(=O)NCc1nc(C)cs1. The van der Waals surface area contributed by atoms with Crippen LogP contribution in [0.2, 0.25) is 0 Å². The Morgan fingerprint density at radius 1 is 1.47 bits per heavy atom. The molecule has 0 saturated heterocycles. The van der Waals surface area contributed by atoms with Crippen LogP contribution < -0.4 is 5.32 Å². The van der Waals surface area contributed by atoms with Gasteiger partial charge < -0.3 is 5.32 Å². The van der Waals surface area contributed by atoms with Crippen molar-refractivity contribution in [1.29, 1.82) is 0 Å². The number of aromatic nitrogens is 3. The summed E-state index contributed by atoms with van der Waals surface area (Å²) >= 11 is 1.54. The summed E-state index contributed by atoms with van der Waals surface area (Å²) in [6, 6.07) is 0. The normalized spacial score (nSPS) is 10.4. The lowest BCUT2D eigenvalue weighted by Crippen LogP contribution is -2.24. The molecule has 5 nitrogen and oxygen atoms in total. The maximum atomic E-state index is 12.1. The molecule has 0 spiro atoms. The molecule has 0 bridgehead atoms. The van der Waals surface area contributed by atoms with Crippen LogP contribution in [0.3, 0.4) is 0 Å². The van der Waals surface area contributed by atoms with Crippen LogP contribution in [0, 0.1) is 6.92 Å². The smallest absolute Gasteiger partial charge is 0.255 e. The molecule has 0 unspecified atom stereocenters. The number of amides is 1. The van der Waals surface area contributed by atoms with Gasteiger partial charge in [0.15, 0.2) is 0 Å². The first-order valence-electron chi connectivity index (χ1n) is 6.18. The van der Waals surface area contributed by atoms with Gasteiger partial charge in [0.2, 0.25) is 0 Å². The number of rotatable bonds is 5. The molecule has 2 heterocycles. The molecule has 0 aromatic carbocycles. The quantitative estimate of drug-likeness (QED) is 0.908. The third-order valence-corrected chi connectivity index (χ3v) is 3.56. The monoisotopic (exact) mass is 276 g/mol. The summed E-state index contributed by atoms with van der Waals surface area (Å²) in [5.41, 5.74) is 2.33. The molecule has 1 amide bonds. The standard InChI is InChI=1S/C13H16N4OS/c1-3-4-11-10(5-14-8-16-11)13(18)15-6-12-17-9(2)7-19-12/h5,7-8H,3-4,6H2,1-2H3,(H,15,18). The molecule has 0 aliphatic rings. The lowest BCUT2D eigenvalue weighted by molar-refractivity contribution is 0.0949. The molecule has 2 aromatic rings. The number of nitrogens with one attached hydrogen (secondary N) is 1. The second-order valence-corrected chi connectivity index (χ2v) is 5.14. The van der Waals surface area contributed by atoms with Gasteiger partial charge in [-0.3, -0.25) is 4.79 Å². The molecule has 0 atom stereocenters. The van der Waals surface area contributed by atoms with Crippen LogP contribution in [-0.4, -0.2) is 20.9 Å². The predicted octanol–water partition coefficient (Wildman–Crippen LogP) is 2.12. The van der Waals surface area contributed by atoms with Crippen LogP contribution >= 0.6 is 11.3 Å². The highest BCUT2D eigenvalue weighted by atomic mass is 32.1. The van der Waals surface area contributed by atoms with E-state index < -0.39 is 0 Å². The Hall–Kier alpha value is -1.82. The van der Waals surface area contributed by atoms with Gasteiger partial charge in [-0.15, -0.1) is 11.3 Å². The van der Waals surface area contributed by atoms with Crippen LogP contribution in [0.4, 0.5) is 0 Å². The first-order chi connectivity index (χ1) is 9.20. The Labute approximate surface area is 116 Å². The maximum absolute atomic E-state index is 12.1. The van der Waals surface area contributed by atoms with E-state index in [1.54, 1.807) is 17.5 Å². The van der Waals surface area contributed by atoms with E-state index in [4.69, 9.17) is 0 Å². The van der Waals surface area contributed by atoms with Gasteiger partial charge in [0.25, 0.3) is 5.91 Å². The molecule has 19 heavy (non-hydrogen) atoms. The minimum Gasteiger partial charge on any atom is -0.345 e. The van der Waals surface area contributed by atoms with Crippen molar-refractivity contribution in [3.8, 4) is 0 Å². The van der Waals surface area contributed by atoms with Gasteiger partial charge in [0.1, 0.15) is 11.3 Å². The molecule has 0 aliphatic carbocycles. The van der Waals surface area contributed by atoms with E-state index in [9.17, 15) is 4.79 Å². The number of aryl methyl sites for hydroxylation is 2. The molecular weight excluding hydrogens is 260 g/mol. The number of carbonyl (C=O) groups is 1. The van der Waals surface area contributed by atoms with Crippen molar-refractivity contribution in [1.82, 2.24) is 20.3 Å². The number of hydrogen-bond donors (Lipinski definition) is 1. The predicted molar refractivity (Wildman–Crippen MR) is 74.0 cm³/mol. The molecule has 0 radical (unpaired) electrons. The zero-order valence-corrected chi connectivity index (χ0v) is 11.8. The van der Waals surface area contributed by atoms with Gasteiger partial charge in [-0.1, -0.05) is 13.3 Å². The highest BCUT2D eigenvalue weighted by molar-refractivity contribution is 7.09. The van der Waals surface area contributed by atoms with Gasteiger partial charge in [0, 0.05) is 17.3 Å². The lowest BCUT2D eigenvalue weighted by Gasteiger charge is -2.06. The van der Waals surface area contributed by atoms with Crippen LogP contribution in [-0.2, 0) is 13.0 Å². The van der Waals surface area contributed by atoms with E-state index in [1.165, 1.54) is 6.33 Å². The molecule has 0 aliphatic heterocycles. The highest BCUT2D eigenvalue weighted by Crippen LogP contribution is 2.10. The Morgan fingerprint density at radius 3 is 3.00 bits per heavy atom. The Morgan fingerprint density at radius 2 is 2.32 bits per heavy atom. The number of carbonyl (C=O) groups excluding carboxylic acids is 1. The fourth-order valence-electron chi connectivity index (χ4n) is 1.72. The van der Waals surface area contributed by atoms with Gasteiger partial charge >= 0.3 is 0 Å². The van der Waals surface area contributed by atoms with Crippen LogP contribution in [0.25, 0.3) is 0 Å². The van der Waals surface area contributed by atoms with E-state index in [1.807, 2.05) is 12.3 Å². The molecule has 100 valence electrons. The van der Waals surface area contributed by atoms with Gasteiger partial charge in [0.05, 0.1) is 17.8 Å². The molecular formula is C13H16N4OS. The topological polar surface area (TPSA) is 67.8 Å². The molecule has 1 N–H and O–H groups in total. The van der Waals surface area contributed by atoms with Crippen molar-refractivity contribution >= 4 is 17.2 Å². The average Bonchev–Trinajstić information content (AvgIpc) is 2.83. The van der Waals surface area contributed by atoms with E-state index in [0.29, 0.717) is 12.1 Å². The van der Waals surface area contributed by atoms with Crippen molar-refractivity contribution in [2.45, 2.75) is 33.2 Å². The van der Waals surface area contributed by atoms with Crippen molar-refractivity contribution < 1.29 is 4.79 Å². The summed E-state index contributed by atoms with van der Waals surface area (Å²) < 4.78 is 0.